The topological polar surface area (TPSA) is 63.3 Å². The predicted molar refractivity (Wildman–Crippen MR) is 52.7 cm³/mol. The molecule has 2 aromatic heterocycles. The second-order valence-electron chi connectivity index (χ2n) is 3.10. The minimum absolute atomic E-state index is 0.168. The van der Waals surface area contributed by atoms with E-state index in [0.717, 1.165) is 5.69 Å². The third-order valence-electron chi connectivity index (χ3n) is 1.98. The second kappa shape index (κ2) is 3.96. The monoisotopic (exact) mass is 203 g/mol. The number of carbonyl (C=O) groups is 1. The first-order chi connectivity index (χ1) is 7.25. The van der Waals surface area contributed by atoms with E-state index >= 15 is 0 Å². The smallest absolute Gasteiger partial charge is 0.338 e. The predicted octanol–water partition coefficient (Wildman–Crippen LogP) is 1.96. The molecule has 0 aliphatic carbocycles. The van der Waals surface area contributed by atoms with Crippen LogP contribution in [0, 0.1) is 0 Å². The van der Waals surface area contributed by atoms with Crippen LogP contribution in [0.1, 0.15) is 21.8 Å². The van der Waals surface area contributed by atoms with Gasteiger partial charge in [0, 0.05) is 18.3 Å². The fourth-order valence-electron chi connectivity index (χ4n) is 1.27. The average Bonchev–Trinajstić information content (AvgIpc) is 2.68. The highest BCUT2D eigenvalue weighted by molar-refractivity contribution is 5.87. The van der Waals surface area contributed by atoms with Gasteiger partial charge in [-0.15, -0.1) is 0 Å². The van der Waals surface area contributed by atoms with Crippen LogP contribution in [0.3, 0.4) is 0 Å². The van der Waals surface area contributed by atoms with Crippen LogP contribution in [0.15, 0.2) is 41.1 Å². The maximum atomic E-state index is 10.6. The van der Waals surface area contributed by atoms with Gasteiger partial charge in [-0.2, -0.15) is 0 Å². The third kappa shape index (κ3) is 2.22. The van der Waals surface area contributed by atoms with Crippen molar-refractivity contribution in [3.05, 3.63) is 53.7 Å². The number of pyridine rings is 1. The molecule has 4 nitrogen and oxygen atoms in total. The zero-order valence-electron chi connectivity index (χ0n) is 7.88. The van der Waals surface area contributed by atoms with Crippen molar-refractivity contribution in [1.82, 2.24) is 4.98 Å². The average molecular weight is 203 g/mol. The summed E-state index contributed by atoms with van der Waals surface area (Å²) in [6, 6.07) is 7.08. The van der Waals surface area contributed by atoms with Crippen molar-refractivity contribution in [2.75, 3.05) is 0 Å². The van der Waals surface area contributed by atoms with Crippen molar-refractivity contribution in [1.29, 1.82) is 0 Å². The van der Waals surface area contributed by atoms with Crippen molar-refractivity contribution in [2.45, 2.75) is 6.42 Å². The molecule has 0 aliphatic rings. The summed E-state index contributed by atoms with van der Waals surface area (Å²) in [5.41, 5.74) is 1.02. The molecule has 0 saturated carbocycles. The summed E-state index contributed by atoms with van der Waals surface area (Å²) < 4.78 is 5.11. The summed E-state index contributed by atoms with van der Waals surface area (Å²) in [5.74, 6) is -0.378. The van der Waals surface area contributed by atoms with Gasteiger partial charge >= 0.3 is 5.97 Å². The Morgan fingerprint density at radius 2 is 2.33 bits per heavy atom. The number of carboxylic acids is 1. The van der Waals surface area contributed by atoms with Crippen LogP contribution in [0.2, 0.25) is 0 Å². The third-order valence-corrected chi connectivity index (χ3v) is 1.98. The molecule has 0 atom stereocenters. The van der Waals surface area contributed by atoms with Gasteiger partial charge in [0.05, 0.1) is 5.56 Å². The zero-order valence-corrected chi connectivity index (χ0v) is 7.88. The largest absolute Gasteiger partial charge is 0.478 e. The van der Waals surface area contributed by atoms with Crippen LogP contribution in [0.25, 0.3) is 0 Å². The molecule has 0 saturated heterocycles. The summed E-state index contributed by atoms with van der Waals surface area (Å²) in [6.45, 7) is 0. The molecule has 0 aromatic carbocycles. The highest BCUT2D eigenvalue weighted by atomic mass is 16.4. The Balaban J connectivity index is 2.15. The lowest BCUT2D eigenvalue weighted by Crippen LogP contribution is -1.92. The van der Waals surface area contributed by atoms with Gasteiger partial charge in [-0.1, -0.05) is 6.07 Å². The summed E-state index contributed by atoms with van der Waals surface area (Å²) in [5, 5.41) is 8.69. The normalized spacial score (nSPS) is 10.1. The minimum atomic E-state index is -0.981. The fourth-order valence-corrected chi connectivity index (χ4v) is 1.27. The van der Waals surface area contributed by atoms with Gasteiger partial charge in [-0.25, -0.2) is 4.79 Å². The Kier molecular flexibility index (Phi) is 2.49. The van der Waals surface area contributed by atoms with Crippen LogP contribution in [0.5, 0.6) is 0 Å². The number of carboxylic acid groups (broad SMARTS) is 1. The van der Waals surface area contributed by atoms with Gasteiger partial charge in [0.2, 0.25) is 0 Å². The number of rotatable bonds is 3. The lowest BCUT2D eigenvalue weighted by molar-refractivity contribution is 0.0696. The van der Waals surface area contributed by atoms with Crippen LogP contribution in [-0.2, 0) is 6.42 Å². The molecular weight excluding hydrogens is 194 g/mol. The molecular formula is C11H9NO3. The molecule has 76 valence electrons. The Morgan fingerprint density at radius 3 is 2.93 bits per heavy atom. The van der Waals surface area contributed by atoms with Gasteiger partial charge in [-0.05, 0) is 18.2 Å². The Labute approximate surface area is 86.2 Å². The molecule has 0 unspecified atom stereocenters. The lowest BCUT2D eigenvalue weighted by Gasteiger charge is -1.94. The number of aromatic carboxylic acids is 1. The van der Waals surface area contributed by atoms with Gasteiger partial charge in [0.25, 0.3) is 0 Å². The number of aromatic nitrogens is 1. The van der Waals surface area contributed by atoms with Crippen molar-refractivity contribution in [3.63, 3.8) is 0 Å². The molecule has 2 heterocycles. The van der Waals surface area contributed by atoms with Crippen LogP contribution >= 0.6 is 0 Å². The van der Waals surface area contributed by atoms with E-state index in [2.05, 4.69) is 4.98 Å². The zero-order chi connectivity index (χ0) is 10.7. The van der Waals surface area contributed by atoms with Crippen molar-refractivity contribution >= 4 is 5.97 Å². The molecule has 0 spiro atoms. The van der Waals surface area contributed by atoms with E-state index in [4.69, 9.17) is 9.52 Å². The lowest BCUT2D eigenvalue weighted by atomic mass is 10.2. The first-order valence-corrected chi connectivity index (χ1v) is 4.46. The van der Waals surface area contributed by atoms with E-state index < -0.39 is 5.97 Å². The van der Waals surface area contributed by atoms with E-state index in [0.29, 0.717) is 12.2 Å². The SMILES string of the molecule is O=C(O)c1coc(Cc2ccccn2)c1. The van der Waals surface area contributed by atoms with Gasteiger partial charge in [0.1, 0.15) is 12.0 Å². The molecule has 15 heavy (non-hydrogen) atoms. The molecule has 1 N–H and O–H groups in total. The quantitative estimate of drug-likeness (QED) is 0.828. The summed E-state index contributed by atoms with van der Waals surface area (Å²) in [6.07, 6.45) is 3.44. The van der Waals surface area contributed by atoms with Crippen molar-refractivity contribution < 1.29 is 14.3 Å². The van der Waals surface area contributed by atoms with Gasteiger partial charge in [-0.3, -0.25) is 4.98 Å². The molecule has 4 heteroatoms. The van der Waals surface area contributed by atoms with Gasteiger partial charge in [0.15, 0.2) is 0 Å². The van der Waals surface area contributed by atoms with Crippen LogP contribution in [-0.4, -0.2) is 16.1 Å². The standard InChI is InChI=1S/C11H9NO3/c13-11(14)8-5-10(15-7-8)6-9-3-1-2-4-12-9/h1-5,7H,6H2,(H,13,14). The Morgan fingerprint density at radius 1 is 1.47 bits per heavy atom. The maximum absolute atomic E-state index is 10.6. The second-order valence-corrected chi connectivity index (χ2v) is 3.10. The highest BCUT2D eigenvalue weighted by Gasteiger charge is 2.08. The molecule has 2 aromatic rings. The number of nitrogens with zero attached hydrogens (tertiary/aromatic N) is 1. The van der Waals surface area contributed by atoms with E-state index in [1.54, 1.807) is 6.20 Å². The Hall–Kier alpha value is -2.10. The number of hydrogen-bond acceptors (Lipinski definition) is 3. The van der Waals surface area contributed by atoms with Crippen molar-refractivity contribution in [2.24, 2.45) is 0 Å². The fraction of sp³-hybridized carbons (Fsp3) is 0.0909. The first kappa shape index (κ1) is 9.45. The molecule has 0 bridgehead atoms. The Bertz CT molecular complexity index is 462. The number of hydrogen-bond donors (Lipinski definition) is 1. The van der Waals surface area contributed by atoms with E-state index in [1.165, 1.54) is 12.3 Å². The molecule has 0 fully saturated rings. The minimum Gasteiger partial charge on any atom is -0.478 e. The highest BCUT2D eigenvalue weighted by Crippen LogP contribution is 2.11. The van der Waals surface area contributed by atoms with E-state index in [9.17, 15) is 4.79 Å². The van der Waals surface area contributed by atoms with Crippen LogP contribution in [0.4, 0.5) is 0 Å². The molecule has 0 amide bonds. The van der Waals surface area contributed by atoms with E-state index in [-0.39, 0.29) is 5.56 Å². The van der Waals surface area contributed by atoms with E-state index in [1.807, 2.05) is 18.2 Å². The van der Waals surface area contributed by atoms with Gasteiger partial charge < -0.3 is 9.52 Å². The van der Waals surface area contributed by atoms with Crippen LogP contribution < -0.4 is 0 Å². The maximum Gasteiger partial charge on any atom is 0.338 e. The first-order valence-electron chi connectivity index (χ1n) is 4.46. The molecule has 0 radical (unpaired) electrons. The summed E-state index contributed by atoms with van der Waals surface area (Å²) >= 11 is 0. The number of furan rings is 1. The van der Waals surface area contributed by atoms with Crippen molar-refractivity contribution in [3.8, 4) is 0 Å². The molecule has 2 rings (SSSR count). The summed E-state index contributed by atoms with van der Waals surface area (Å²) in [7, 11) is 0. The summed E-state index contributed by atoms with van der Waals surface area (Å²) in [4.78, 5) is 14.7. The molecule has 0 aliphatic heterocycles.